The summed E-state index contributed by atoms with van der Waals surface area (Å²) in [5, 5.41) is 12.3. The van der Waals surface area contributed by atoms with Gasteiger partial charge in [-0.05, 0) is 32.0 Å². The minimum Gasteiger partial charge on any atom is -0.496 e. The summed E-state index contributed by atoms with van der Waals surface area (Å²) in [6, 6.07) is 11.3. The molecular formula is C20H23N5O2S. The molecule has 2 aromatic heterocycles. The maximum absolute atomic E-state index is 12.4. The highest BCUT2D eigenvalue weighted by atomic mass is 32.2. The Morgan fingerprint density at radius 3 is 2.68 bits per heavy atom. The highest BCUT2D eigenvalue weighted by Crippen LogP contribution is 2.26. The second-order valence-corrected chi connectivity index (χ2v) is 7.05. The lowest BCUT2D eigenvalue weighted by molar-refractivity contribution is -0.119. The normalized spacial score (nSPS) is 11.8. The number of rotatable bonds is 8. The SMILES string of the molecule is CCn1c(SCC(=O)NC(C)c2ccccc2OC)nnc1-c1ccncc1. The molecule has 1 atom stereocenters. The molecule has 0 fully saturated rings. The summed E-state index contributed by atoms with van der Waals surface area (Å²) in [5.41, 5.74) is 1.89. The van der Waals surface area contributed by atoms with Crippen LogP contribution in [0.5, 0.6) is 5.75 Å². The number of ether oxygens (including phenoxy) is 1. The summed E-state index contributed by atoms with van der Waals surface area (Å²) in [5.74, 6) is 1.72. The Hall–Kier alpha value is -2.87. The van der Waals surface area contributed by atoms with Crippen molar-refractivity contribution in [3.8, 4) is 17.1 Å². The lowest BCUT2D eigenvalue weighted by Gasteiger charge is -2.17. The van der Waals surface area contributed by atoms with Gasteiger partial charge in [-0.25, -0.2) is 0 Å². The van der Waals surface area contributed by atoms with Gasteiger partial charge in [0.05, 0.1) is 18.9 Å². The molecule has 1 aromatic carbocycles. The van der Waals surface area contributed by atoms with Crippen molar-refractivity contribution < 1.29 is 9.53 Å². The summed E-state index contributed by atoms with van der Waals surface area (Å²) in [6.45, 7) is 4.69. The largest absolute Gasteiger partial charge is 0.496 e. The van der Waals surface area contributed by atoms with Crippen LogP contribution in [0, 0.1) is 0 Å². The van der Waals surface area contributed by atoms with Gasteiger partial charge < -0.3 is 14.6 Å². The smallest absolute Gasteiger partial charge is 0.230 e. The molecule has 7 nitrogen and oxygen atoms in total. The van der Waals surface area contributed by atoms with Crippen molar-refractivity contribution >= 4 is 17.7 Å². The summed E-state index contributed by atoms with van der Waals surface area (Å²) in [6.07, 6.45) is 3.45. The van der Waals surface area contributed by atoms with E-state index in [0.29, 0.717) is 6.54 Å². The molecule has 1 unspecified atom stereocenters. The van der Waals surface area contributed by atoms with Crippen LogP contribution in [0.3, 0.4) is 0 Å². The van der Waals surface area contributed by atoms with Gasteiger partial charge in [-0.1, -0.05) is 30.0 Å². The van der Waals surface area contributed by atoms with Crippen LogP contribution in [-0.4, -0.2) is 38.5 Å². The predicted molar refractivity (Wildman–Crippen MR) is 109 cm³/mol. The topological polar surface area (TPSA) is 81.9 Å². The molecule has 0 aliphatic carbocycles. The summed E-state index contributed by atoms with van der Waals surface area (Å²) in [7, 11) is 1.63. The Bertz CT molecular complexity index is 929. The Morgan fingerprint density at radius 1 is 1.21 bits per heavy atom. The maximum atomic E-state index is 12.4. The lowest BCUT2D eigenvalue weighted by atomic mass is 10.1. The van der Waals surface area contributed by atoms with Gasteiger partial charge in [-0.3, -0.25) is 9.78 Å². The van der Waals surface area contributed by atoms with Gasteiger partial charge in [0, 0.05) is 30.1 Å². The fraction of sp³-hybridized carbons (Fsp3) is 0.300. The fourth-order valence-corrected chi connectivity index (χ4v) is 3.72. The highest BCUT2D eigenvalue weighted by Gasteiger charge is 2.17. The van der Waals surface area contributed by atoms with E-state index in [1.807, 2.05) is 54.8 Å². The molecule has 3 aromatic rings. The molecule has 0 saturated carbocycles. The Balaban J connectivity index is 1.64. The quantitative estimate of drug-likeness (QED) is 0.587. The third-order valence-electron chi connectivity index (χ3n) is 4.29. The van der Waals surface area contributed by atoms with E-state index < -0.39 is 0 Å². The Labute approximate surface area is 168 Å². The fourth-order valence-electron chi connectivity index (χ4n) is 2.91. The zero-order valence-electron chi connectivity index (χ0n) is 16.1. The van der Waals surface area contributed by atoms with Crippen molar-refractivity contribution in [1.82, 2.24) is 25.1 Å². The molecule has 0 saturated heterocycles. The van der Waals surface area contributed by atoms with Crippen molar-refractivity contribution in [2.45, 2.75) is 31.6 Å². The van der Waals surface area contributed by atoms with Crippen LogP contribution < -0.4 is 10.1 Å². The molecule has 1 N–H and O–H groups in total. The number of benzene rings is 1. The van der Waals surface area contributed by atoms with Gasteiger partial charge in [0.25, 0.3) is 0 Å². The molecular weight excluding hydrogens is 374 g/mol. The maximum Gasteiger partial charge on any atom is 0.230 e. The van der Waals surface area contributed by atoms with Gasteiger partial charge >= 0.3 is 0 Å². The summed E-state index contributed by atoms with van der Waals surface area (Å²) < 4.78 is 7.37. The number of carbonyl (C=O) groups is 1. The van der Waals surface area contributed by atoms with Gasteiger partial charge in [-0.2, -0.15) is 0 Å². The number of para-hydroxylation sites is 1. The standard InChI is InChI=1S/C20H23N5O2S/c1-4-25-19(15-9-11-21-12-10-15)23-24-20(25)28-13-18(26)22-14(2)16-7-5-6-8-17(16)27-3/h5-12,14H,4,13H2,1-3H3,(H,22,26). The van der Waals surface area contributed by atoms with Crippen LogP contribution in [0.2, 0.25) is 0 Å². The van der Waals surface area contributed by atoms with Gasteiger partial charge in [-0.15, -0.1) is 10.2 Å². The molecule has 0 bridgehead atoms. The highest BCUT2D eigenvalue weighted by molar-refractivity contribution is 7.99. The van der Waals surface area contributed by atoms with Crippen molar-refractivity contribution in [2.24, 2.45) is 0 Å². The first-order chi connectivity index (χ1) is 13.6. The van der Waals surface area contributed by atoms with Crippen LogP contribution in [-0.2, 0) is 11.3 Å². The molecule has 0 spiro atoms. The average molecular weight is 398 g/mol. The molecule has 2 heterocycles. The molecule has 28 heavy (non-hydrogen) atoms. The molecule has 0 aliphatic heterocycles. The van der Waals surface area contributed by atoms with E-state index in [1.54, 1.807) is 19.5 Å². The van der Waals surface area contributed by atoms with E-state index in [2.05, 4.69) is 20.5 Å². The summed E-state index contributed by atoms with van der Waals surface area (Å²) in [4.78, 5) is 16.5. The number of pyridine rings is 1. The minimum atomic E-state index is -0.152. The van der Waals surface area contributed by atoms with Crippen LogP contribution >= 0.6 is 11.8 Å². The molecule has 0 radical (unpaired) electrons. The Kier molecular flexibility index (Phi) is 6.65. The van der Waals surface area contributed by atoms with E-state index in [0.717, 1.165) is 27.9 Å². The monoisotopic (exact) mass is 397 g/mol. The number of amides is 1. The van der Waals surface area contributed by atoms with Crippen LogP contribution in [0.25, 0.3) is 11.4 Å². The van der Waals surface area contributed by atoms with E-state index in [1.165, 1.54) is 11.8 Å². The molecule has 8 heteroatoms. The molecule has 3 rings (SSSR count). The number of hydrogen-bond acceptors (Lipinski definition) is 6. The average Bonchev–Trinajstić information content (AvgIpc) is 3.15. The lowest BCUT2D eigenvalue weighted by Crippen LogP contribution is -2.28. The second kappa shape index (κ2) is 9.36. The number of methoxy groups -OCH3 is 1. The molecule has 1 amide bonds. The van der Waals surface area contributed by atoms with E-state index in [-0.39, 0.29) is 17.7 Å². The van der Waals surface area contributed by atoms with Crippen molar-refractivity contribution in [2.75, 3.05) is 12.9 Å². The zero-order chi connectivity index (χ0) is 19.9. The Morgan fingerprint density at radius 2 is 1.96 bits per heavy atom. The predicted octanol–water partition coefficient (Wildman–Crippen LogP) is 3.34. The first-order valence-electron chi connectivity index (χ1n) is 9.02. The number of aromatic nitrogens is 4. The minimum absolute atomic E-state index is 0.0699. The van der Waals surface area contributed by atoms with Crippen LogP contribution in [0.15, 0.2) is 53.9 Å². The third-order valence-corrected chi connectivity index (χ3v) is 5.25. The van der Waals surface area contributed by atoms with Crippen molar-refractivity contribution in [3.63, 3.8) is 0 Å². The van der Waals surface area contributed by atoms with Gasteiger partial charge in [0.15, 0.2) is 11.0 Å². The van der Waals surface area contributed by atoms with Crippen molar-refractivity contribution in [1.29, 1.82) is 0 Å². The number of thioether (sulfide) groups is 1. The van der Waals surface area contributed by atoms with Gasteiger partial charge in [0.1, 0.15) is 5.75 Å². The molecule has 0 aliphatic rings. The second-order valence-electron chi connectivity index (χ2n) is 6.11. The first-order valence-corrected chi connectivity index (χ1v) is 10.0. The van der Waals surface area contributed by atoms with E-state index in [4.69, 9.17) is 4.74 Å². The molecule has 146 valence electrons. The van der Waals surface area contributed by atoms with Crippen molar-refractivity contribution in [3.05, 3.63) is 54.4 Å². The van der Waals surface area contributed by atoms with Gasteiger partial charge in [0.2, 0.25) is 5.91 Å². The number of carbonyl (C=O) groups excluding carboxylic acids is 1. The first kappa shape index (κ1) is 19.9. The summed E-state index contributed by atoms with van der Waals surface area (Å²) >= 11 is 1.37. The van der Waals surface area contributed by atoms with Crippen LogP contribution in [0.1, 0.15) is 25.5 Å². The van der Waals surface area contributed by atoms with Crippen LogP contribution in [0.4, 0.5) is 0 Å². The zero-order valence-corrected chi connectivity index (χ0v) is 16.9. The van der Waals surface area contributed by atoms with E-state index in [9.17, 15) is 4.79 Å². The third kappa shape index (κ3) is 4.51. The number of nitrogens with zero attached hydrogens (tertiary/aromatic N) is 4. The number of nitrogens with one attached hydrogen (secondary N) is 1. The van der Waals surface area contributed by atoms with E-state index >= 15 is 0 Å². The number of hydrogen-bond donors (Lipinski definition) is 1.